The van der Waals surface area contributed by atoms with Crippen LogP contribution in [0.3, 0.4) is 0 Å². The van der Waals surface area contributed by atoms with E-state index in [0.29, 0.717) is 12.4 Å². The maximum Gasteiger partial charge on any atom is 0.341 e. The molecule has 0 aromatic carbocycles. The first kappa shape index (κ1) is 9.51. The van der Waals surface area contributed by atoms with Crippen LogP contribution in [0.5, 0.6) is 5.75 Å². The second-order valence-corrected chi connectivity index (χ2v) is 2.53. The molecule has 4 nitrogen and oxygen atoms in total. The molecule has 0 saturated heterocycles. The third-order valence-electron chi connectivity index (χ3n) is 1.47. The minimum Gasteiger partial charge on any atom is -0.493 e. The standard InChI is InChI=1S/C9H11NO3/c1-2-5-13-8-3-4-10-6-7(8)9(11)12/h3-4,6H,2,5H2,1H3,(H,11,12). The van der Waals surface area contributed by atoms with Gasteiger partial charge in [-0.05, 0) is 12.5 Å². The molecule has 0 amide bonds. The van der Waals surface area contributed by atoms with Gasteiger partial charge in [-0.2, -0.15) is 0 Å². The molecule has 1 heterocycles. The monoisotopic (exact) mass is 181 g/mol. The first-order valence-electron chi connectivity index (χ1n) is 4.05. The second kappa shape index (κ2) is 4.45. The minimum absolute atomic E-state index is 0.107. The van der Waals surface area contributed by atoms with Crippen LogP contribution in [0.25, 0.3) is 0 Å². The smallest absolute Gasteiger partial charge is 0.341 e. The van der Waals surface area contributed by atoms with E-state index in [4.69, 9.17) is 9.84 Å². The highest BCUT2D eigenvalue weighted by atomic mass is 16.5. The highest BCUT2D eigenvalue weighted by Gasteiger charge is 2.09. The van der Waals surface area contributed by atoms with Crippen LogP contribution < -0.4 is 4.74 Å². The molecule has 0 aliphatic rings. The Morgan fingerprint density at radius 2 is 2.46 bits per heavy atom. The van der Waals surface area contributed by atoms with Crippen LogP contribution in [-0.4, -0.2) is 22.7 Å². The Labute approximate surface area is 76.2 Å². The van der Waals surface area contributed by atoms with Crippen LogP contribution in [0.15, 0.2) is 18.5 Å². The van der Waals surface area contributed by atoms with E-state index in [-0.39, 0.29) is 5.56 Å². The van der Waals surface area contributed by atoms with Crippen molar-refractivity contribution in [3.05, 3.63) is 24.0 Å². The third kappa shape index (κ3) is 2.43. The molecule has 0 aliphatic heterocycles. The molecule has 0 unspecified atom stereocenters. The number of hydrogen-bond acceptors (Lipinski definition) is 3. The van der Waals surface area contributed by atoms with Crippen LogP contribution in [0, 0.1) is 0 Å². The largest absolute Gasteiger partial charge is 0.493 e. The van der Waals surface area contributed by atoms with E-state index in [1.165, 1.54) is 12.4 Å². The Morgan fingerprint density at radius 1 is 1.69 bits per heavy atom. The Hall–Kier alpha value is -1.58. The molecule has 1 aromatic heterocycles. The third-order valence-corrected chi connectivity index (χ3v) is 1.47. The van der Waals surface area contributed by atoms with Crippen molar-refractivity contribution in [3.63, 3.8) is 0 Å². The minimum atomic E-state index is -1.01. The molecule has 1 aromatic rings. The molecule has 0 atom stereocenters. The summed E-state index contributed by atoms with van der Waals surface area (Å²) in [4.78, 5) is 14.4. The fraction of sp³-hybridized carbons (Fsp3) is 0.333. The lowest BCUT2D eigenvalue weighted by Gasteiger charge is -2.06. The average Bonchev–Trinajstić information content (AvgIpc) is 2.15. The molecule has 0 saturated carbocycles. The molecule has 0 radical (unpaired) electrons. The Bertz CT molecular complexity index is 299. The van der Waals surface area contributed by atoms with E-state index in [1.807, 2.05) is 6.92 Å². The van der Waals surface area contributed by atoms with E-state index < -0.39 is 5.97 Å². The van der Waals surface area contributed by atoms with Gasteiger partial charge in [0, 0.05) is 12.4 Å². The fourth-order valence-electron chi connectivity index (χ4n) is 0.880. The van der Waals surface area contributed by atoms with Gasteiger partial charge in [0.2, 0.25) is 0 Å². The Morgan fingerprint density at radius 3 is 3.08 bits per heavy atom. The predicted octanol–water partition coefficient (Wildman–Crippen LogP) is 1.57. The number of aromatic nitrogens is 1. The molecular weight excluding hydrogens is 170 g/mol. The van der Waals surface area contributed by atoms with Gasteiger partial charge in [0.25, 0.3) is 0 Å². The number of pyridine rings is 1. The van der Waals surface area contributed by atoms with Gasteiger partial charge in [0.15, 0.2) is 0 Å². The maximum atomic E-state index is 10.7. The SMILES string of the molecule is CCCOc1ccncc1C(=O)O. The lowest BCUT2D eigenvalue weighted by atomic mass is 10.2. The van der Waals surface area contributed by atoms with Crippen LogP contribution in [-0.2, 0) is 0 Å². The summed E-state index contributed by atoms with van der Waals surface area (Å²) in [6.07, 6.45) is 3.64. The van der Waals surface area contributed by atoms with Gasteiger partial charge in [-0.1, -0.05) is 6.92 Å². The summed E-state index contributed by atoms with van der Waals surface area (Å²) < 4.78 is 5.23. The number of carboxylic acids is 1. The normalized spacial score (nSPS) is 9.62. The van der Waals surface area contributed by atoms with Gasteiger partial charge in [0.1, 0.15) is 11.3 Å². The maximum absolute atomic E-state index is 10.7. The summed E-state index contributed by atoms with van der Waals surface area (Å²) >= 11 is 0. The highest BCUT2D eigenvalue weighted by molar-refractivity contribution is 5.90. The molecule has 0 bridgehead atoms. The van der Waals surface area contributed by atoms with Gasteiger partial charge in [-0.3, -0.25) is 4.98 Å². The molecule has 0 aliphatic carbocycles. The van der Waals surface area contributed by atoms with E-state index >= 15 is 0 Å². The molecule has 70 valence electrons. The van der Waals surface area contributed by atoms with Crippen molar-refractivity contribution in [2.45, 2.75) is 13.3 Å². The summed E-state index contributed by atoms with van der Waals surface area (Å²) in [5, 5.41) is 8.74. The van der Waals surface area contributed by atoms with Crippen LogP contribution >= 0.6 is 0 Å². The number of carbonyl (C=O) groups is 1. The fourth-order valence-corrected chi connectivity index (χ4v) is 0.880. The molecule has 4 heteroatoms. The number of hydrogen-bond donors (Lipinski definition) is 1. The van der Waals surface area contributed by atoms with Gasteiger partial charge >= 0.3 is 5.97 Å². The topological polar surface area (TPSA) is 59.4 Å². The van der Waals surface area contributed by atoms with E-state index in [9.17, 15) is 4.79 Å². The van der Waals surface area contributed by atoms with Crippen molar-refractivity contribution >= 4 is 5.97 Å². The zero-order valence-electron chi connectivity index (χ0n) is 7.36. The van der Waals surface area contributed by atoms with Crippen molar-refractivity contribution in [3.8, 4) is 5.75 Å². The zero-order chi connectivity index (χ0) is 9.68. The van der Waals surface area contributed by atoms with Crippen molar-refractivity contribution in [2.75, 3.05) is 6.61 Å². The van der Waals surface area contributed by atoms with Crippen LogP contribution in [0.2, 0.25) is 0 Å². The average molecular weight is 181 g/mol. The number of ether oxygens (including phenoxy) is 1. The quantitative estimate of drug-likeness (QED) is 0.765. The summed E-state index contributed by atoms with van der Waals surface area (Å²) in [6.45, 7) is 2.48. The summed E-state index contributed by atoms with van der Waals surface area (Å²) in [6, 6.07) is 1.55. The van der Waals surface area contributed by atoms with Gasteiger partial charge < -0.3 is 9.84 Å². The van der Waals surface area contributed by atoms with Gasteiger partial charge in [0.05, 0.1) is 6.61 Å². The molecule has 0 fully saturated rings. The highest BCUT2D eigenvalue weighted by Crippen LogP contribution is 2.16. The Kier molecular flexibility index (Phi) is 3.25. The van der Waals surface area contributed by atoms with Crippen molar-refractivity contribution in [2.24, 2.45) is 0 Å². The molecular formula is C9H11NO3. The first-order chi connectivity index (χ1) is 6.25. The van der Waals surface area contributed by atoms with Crippen LogP contribution in [0.1, 0.15) is 23.7 Å². The van der Waals surface area contributed by atoms with E-state index in [2.05, 4.69) is 4.98 Å². The summed E-state index contributed by atoms with van der Waals surface area (Å²) in [5.41, 5.74) is 0.107. The first-order valence-corrected chi connectivity index (χ1v) is 4.05. The molecule has 0 spiro atoms. The molecule has 13 heavy (non-hydrogen) atoms. The van der Waals surface area contributed by atoms with Crippen molar-refractivity contribution in [1.29, 1.82) is 0 Å². The number of rotatable bonds is 4. The number of aromatic carboxylic acids is 1. The Balaban J connectivity index is 2.84. The van der Waals surface area contributed by atoms with E-state index in [0.717, 1.165) is 6.42 Å². The zero-order valence-corrected chi connectivity index (χ0v) is 7.36. The number of carboxylic acid groups (broad SMARTS) is 1. The lowest BCUT2D eigenvalue weighted by Crippen LogP contribution is -2.04. The molecule has 1 N–H and O–H groups in total. The lowest BCUT2D eigenvalue weighted by molar-refractivity contribution is 0.0691. The molecule has 1 rings (SSSR count). The second-order valence-electron chi connectivity index (χ2n) is 2.53. The summed E-state index contributed by atoms with van der Waals surface area (Å²) in [7, 11) is 0. The van der Waals surface area contributed by atoms with Gasteiger partial charge in [-0.25, -0.2) is 4.79 Å². The van der Waals surface area contributed by atoms with Crippen molar-refractivity contribution in [1.82, 2.24) is 4.98 Å². The van der Waals surface area contributed by atoms with E-state index in [1.54, 1.807) is 6.07 Å². The predicted molar refractivity (Wildman–Crippen MR) is 47.0 cm³/mol. The number of nitrogens with zero attached hydrogens (tertiary/aromatic N) is 1. The van der Waals surface area contributed by atoms with Crippen LogP contribution in [0.4, 0.5) is 0 Å². The summed E-state index contributed by atoms with van der Waals surface area (Å²) in [5.74, 6) is -0.636. The van der Waals surface area contributed by atoms with Crippen molar-refractivity contribution < 1.29 is 14.6 Å². The van der Waals surface area contributed by atoms with Gasteiger partial charge in [-0.15, -0.1) is 0 Å².